The molecule has 0 radical (unpaired) electrons. The summed E-state index contributed by atoms with van der Waals surface area (Å²) in [6, 6.07) is 0. The molecule has 3 rings (SSSR count). The summed E-state index contributed by atoms with van der Waals surface area (Å²) in [7, 11) is -3.05. The van der Waals surface area contributed by atoms with E-state index in [2.05, 4.69) is 15.1 Å². The SMILES string of the molecule is CS(=O)(=O)N1CCC2(CCCN2c2nncs2)CC1. The van der Waals surface area contributed by atoms with Gasteiger partial charge in [0.05, 0.1) is 6.26 Å². The smallest absolute Gasteiger partial charge is 0.211 e. The molecule has 0 aliphatic carbocycles. The molecular formula is C11H18N4O2S2. The van der Waals surface area contributed by atoms with Gasteiger partial charge < -0.3 is 4.90 Å². The molecule has 6 nitrogen and oxygen atoms in total. The van der Waals surface area contributed by atoms with E-state index in [0.29, 0.717) is 13.1 Å². The van der Waals surface area contributed by atoms with E-state index in [0.717, 1.165) is 37.4 Å². The first-order valence-electron chi connectivity index (χ1n) is 6.50. The molecule has 0 amide bonds. The highest BCUT2D eigenvalue weighted by molar-refractivity contribution is 7.88. The van der Waals surface area contributed by atoms with Crippen LogP contribution in [-0.4, -0.2) is 54.3 Å². The third-order valence-corrected chi connectivity index (χ3v) is 6.31. The Morgan fingerprint density at radius 3 is 2.58 bits per heavy atom. The molecule has 0 bridgehead atoms. The van der Waals surface area contributed by atoms with Crippen molar-refractivity contribution in [1.29, 1.82) is 0 Å². The minimum Gasteiger partial charge on any atom is -0.341 e. The van der Waals surface area contributed by atoms with Crippen molar-refractivity contribution in [2.24, 2.45) is 0 Å². The van der Waals surface area contributed by atoms with Crippen LogP contribution in [0.1, 0.15) is 25.7 Å². The molecule has 1 aromatic rings. The maximum absolute atomic E-state index is 11.6. The summed E-state index contributed by atoms with van der Waals surface area (Å²) in [5.74, 6) is 0. The number of aromatic nitrogens is 2. The molecule has 2 aliphatic rings. The molecule has 0 aromatic carbocycles. The fourth-order valence-electron chi connectivity index (χ4n) is 3.28. The predicted molar refractivity (Wildman–Crippen MR) is 74.9 cm³/mol. The lowest BCUT2D eigenvalue weighted by atomic mass is 9.86. The van der Waals surface area contributed by atoms with E-state index < -0.39 is 10.0 Å². The van der Waals surface area contributed by atoms with Crippen LogP contribution < -0.4 is 4.90 Å². The molecule has 2 fully saturated rings. The van der Waals surface area contributed by atoms with Crippen LogP contribution in [0.3, 0.4) is 0 Å². The Morgan fingerprint density at radius 2 is 2.00 bits per heavy atom. The fourth-order valence-corrected chi connectivity index (χ4v) is 4.82. The summed E-state index contributed by atoms with van der Waals surface area (Å²) in [6.07, 6.45) is 5.35. The molecule has 106 valence electrons. The van der Waals surface area contributed by atoms with Crippen LogP contribution >= 0.6 is 11.3 Å². The number of piperidine rings is 1. The van der Waals surface area contributed by atoms with E-state index in [1.54, 1.807) is 21.2 Å². The van der Waals surface area contributed by atoms with Crippen LogP contribution in [-0.2, 0) is 10.0 Å². The lowest BCUT2D eigenvalue weighted by molar-refractivity contribution is 0.237. The van der Waals surface area contributed by atoms with Gasteiger partial charge in [-0.1, -0.05) is 11.3 Å². The van der Waals surface area contributed by atoms with Gasteiger partial charge in [-0.15, -0.1) is 10.2 Å². The van der Waals surface area contributed by atoms with E-state index in [1.807, 2.05) is 0 Å². The number of sulfonamides is 1. The largest absolute Gasteiger partial charge is 0.341 e. The predicted octanol–water partition coefficient (Wildman–Crippen LogP) is 0.933. The molecule has 1 spiro atoms. The van der Waals surface area contributed by atoms with Gasteiger partial charge >= 0.3 is 0 Å². The van der Waals surface area contributed by atoms with Gasteiger partial charge in [-0.25, -0.2) is 12.7 Å². The molecule has 8 heteroatoms. The lowest BCUT2D eigenvalue weighted by Gasteiger charge is -2.44. The standard InChI is InChI=1S/C11H18N4O2S2/c1-19(16,17)14-7-4-11(5-8-14)3-2-6-15(11)10-13-12-9-18-10/h9H,2-8H2,1H3. The van der Waals surface area contributed by atoms with E-state index in [4.69, 9.17) is 0 Å². The van der Waals surface area contributed by atoms with Gasteiger partial charge in [0, 0.05) is 25.2 Å². The Balaban J connectivity index is 1.78. The second-order valence-corrected chi connectivity index (χ2v) is 8.16. The van der Waals surface area contributed by atoms with Crippen molar-refractivity contribution in [2.75, 3.05) is 30.8 Å². The number of anilines is 1. The molecule has 2 aliphatic heterocycles. The highest BCUT2D eigenvalue weighted by atomic mass is 32.2. The van der Waals surface area contributed by atoms with E-state index in [-0.39, 0.29) is 5.54 Å². The summed E-state index contributed by atoms with van der Waals surface area (Å²) < 4.78 is 24.8. The molecule has 0 saturated carbocycles. The zero-order chi connectivity index (χ0) is 13.5. The maximum Gasteiger partial charge on any atom is 0.211 e. The minimum absolute atomic E-state index is 0.0979. The van der Waals surface area contributed by atoms with Gasteiger partial charge in [0.1, 0.15) is 5.51 Å². The van der Waals surface area contributed by atoms with Crippen LogP contribution in [0.25, 0.3) is 0 Å². The van der Waals surface area contributed by atoms with Crippen LogP contribution in [0.5, 0.6) is 0 Å². The second kappa shape index (κ2) is 4.68. The number of rotatable bonds is 2. The summed E-state index contributed by atoms with van der Waals surface area (Å²) in [6.45, 7) is 2.25. The fraction of sp³-hybridized carbons (Fsp3) is 0.818. The summed E-state index contributed by atoms with van der Waals surface area (Å²) in [5, 5.41) is 9.07. The van der Waals surface area contributed by atoms with Crippen LogP contribution in [0, 0.1) is 0 Å². The molecule has 19 heavy (non-hydrogen) atoms. The highest BCUT2D eigenvalue weighted by Crippen LogP contribution is 2.42. The van der Waals surface area contributed by atoms with Gasteiger partial charge in [-0.3, -0.25) is 0 Å². The normalized spacial score (nSPS) is 24.2. The number of hydrogen-bond acceptors (Lipinski definition) is 6. The first-order chi connectivity index (χ1) is 9.01. The Labute approximate surface area is 117 Å². The molecular weight excluding hydrogens is 284 g/mol. The van der Waals surface area contributed by atoms with E-state index in [9.17, 15) is 8.42 Å². The second-order valence-electron chi connectivity index (χ2n) is 5.36. The first-order valence-corrected chi connectivity index (χ1v) is 9.23. The van der Waals surface area contributed by atoms with Crippen LogP contribution in [0.15, 0.2) is 5.51 Å². The Kier molecular flexibility index (Phi) is 3.26. The van der Waals surface area contributed by atoms with Crippen LogP contribution in [0.4, 0.5) is 5.13 Å². The third kappa shape index (κ3) is 2.36. The molecule has 3 heterocycles. The van der Waals surface area contributed by atoms with Gasteiger partial charge in [-0.2, -0.15) is 0 Å². The average molecular weight is 302 g/mol. The maximum atomic E-state index is 11.6. The first kappa shape index (κ1) is 13.3. The van der Waals surface area contributed by atoms with Gasteiger partial charge in [0.2, 0.25) is 15.2 Å². The average Bonchev–Trinajstić information content (AvgIpc) is 2.98. The van der Waals surface area contributed by atoms with Crippen molar-refractivity contribution in [3.63, 3.8) is 0 Å². The van der Waals surface area contributed by atoms with E-state index >= 15 is 0 Å². The van der Waals surface area contributed by atoms with Crippen LogP contribution in [0.2, 0.25) is 0 Å². The Hall–Kier alpha value is -0.730. The Morgan fingerprint density at radius 1 is 1.26 bits per heavy atom. The van der Waals surface area contributed by atoms with Crippen molar-refractivity contribution in [1.82, 2.24) is 14.5 Å². The summed E-state index contributed by atoms with van der Waals surface area (Å²) >= 11 is 1.57. The van der Waals surface area contributed by atoms with Crippen molar-refractivity contribution in [3.05, 3.63) is 5.51 Å². The van der Waals surface area contributed by atoms with Gasteiger partial charge in [0.15, 0.2) is 0 Å². The van der Waals surface area contributed by atoms with E-state index in [1.165, 1.54) is 6.26 Å². The summed E-state index contributed by atoms with van der Waals surface area (Å²) in [4.78, 5) is 2.35. The minimum atomic E-state index is -3.05. The molecule has 0 atom stereocenters. The lowest BCUT2D eigenvalue weighted by Crippen LogP contribution is -2.53. The number of hydrogen-bond donors (Lipinski definition) is 0. The number of nitrogens with zero attached hydrogens (tertiary/aromatic N) is 4. The molecule has 0 unspecified atom stereocenters. The highest BCUT2D eigenvalue weighted by Gasteiger charge is 2.45. The molecule has 0 N–H and O–H groups in total. The third-order valence-electron chi connectivity index (χ3n) is 4.30. The summed E-state index contributed by atoms with van der Waals surface area (Å²) in [5.41, 5.74) is 1.85. The van der Waals surface area contributed by atoms with Gasteiger partial charge in [0.25, 0.3) is 0 Å². The van der Waals surface area contributed by atoms with Crippen molar-refractivity contribution >= 4 is 26.5 Å². The molecule has 2 saturated heterocycles. The van der Waals surface area contributed by atoms with Gasteiger partial charge in [-0.05, 0) is 25.7 Å². The van der Waals surface area contributed by atoms with Crippen molar-refractivity contribution < 1.29 is 8.42 Å². The topological polar surface area (TPSA) is 66.4 Å². The zero-order valence-corrected chi connectivity index (χ0v) is 12.6. The monoisotopic (exact) mass is 302 g/mol. The quantitative estimate of drug-likeness (QED) is 0.813. The molecule has 1 aromatic heterocycles. The van der Waals surface area contributed by atoms with Crippen molar-refractivity contribution in [3.8, 4) is 0 Å². The Bertz CT molecular complexity index is 535. The van der Waals surface area contributed by atoms with Crippen molar-refractivity contribution in [2.45, 2.75) is 31.2 Å². The zero-order valence-electron chi connectivity index (χ0n) is 10.9.